The zero-order chi connectivity index (χ0) is 33.6. The van der Waals surface area contributed by atoms with E-state index in [4.69, 9.17) is 26.2 Å². The van der Waals surface area contributed by atoms with Crippen molar-refractivity contribution in [3.63, 3.8) is 0 Å². The maximum atomic E-state index is 12.6. The average molecular weight is 672 g/mol. The molecular weight excluding hydrogens is 638 g/mol. The summed E-state index contributed by atoms with van der Waals surface area (Å²) in [6.45, 7) is 4.40. The van der Waals surface area contributed by atoms with Gasteiger partial charge in [-0.1, -0.05) is 48.0 Å². The highest BCUT2D eigenvalue weighted by molar-refractivity contribution is 6.32. The lowest BCUT2D eigenvalue weighted by Gasteiger charge is -2.19. The zero-order valence-electron chi connectivity index (χ0n) is 25.7. The van der Waals surface area contributed by atoms with E-state index in [9.17, 15) is 17.6 Å². The summed E-state index contributed by atoms with van der Waals surface area (Å²) in [5.74, 6) is -1.30. The molecule has 1 saturated heterocycles. The van der Waals surface area contributed by atoms with Gasteiger partial charge >= 0.3 is 12.1 Å². The van der Waals surface area contributed by atoms with Gasteiger partial charge in [-0.3, -0.25) is 9.29 Å². The topological polar surface area (TPSA) is 104 Å². The smallest absolute Gasteiger partial charge is 0.489 e. The maximum absolute atomic E-state index is 12.6. The number of aryl methyl sites for hydroxylation is 2. The van der Waals surface area contributed by atoms with E-state index >= 15 is 0 Å². The van der Waals surface area contributed by atoms with Gasteiger partial charge in [-0.05, 0) is 107 Å². The molecule has 6 rings (SSSR count). The SMILES string of the molecule is Cc1ccc(C2=C(c3ccc(OC4CCN(CCCF)C4)cc3)c3ccc(-c4nn[nH]n4)cc3CCC2)c(Cl)c1.O=C(O)C(F)(F)F. The number of likely N-dealkylation sites (tertiary alicyclic amines) is 1. The molecule has 1 aromatic heterocycles. The van der Waals surface area contributed by atoms with Crippen molar-refractivity contribution in [3.05, 3.63) is 93.5 Å². The van der Waals surface area contributed by atoms with Crippen LogP contribution in [-0.2, 0) is 11.2 Å². The third-order valence-electron chi connectivity index (χ3n) is 8.13. The van der Waals surface area contributed by atoms with Crippen molar-refractivity contribution in [2.75, 3.05) is 26.3 Å². The van der Waals surface area contributed by atoms with Crippen molar-refractivity contribution in [2.24, 2.45) is 0 Å². The Labute approximate surface area is 274 Å². The lowest BCUT2D eigenvalue weighted by Crippen LogP contribution is -2.26. The molecule has 2 N–H and O–H groups in total. The Morgan fingerprint density at radius 3 is 2.45 bits per heavy atom. The molecule has 0 amide bonds. The number of allylic oxidation sites excluding steroid dienone is 1. The first kappa shape index (κ1) is 34.1. The van der Waals surface area contributed by atoms with Crippen LogP contribution in [0.3, 0.4) is 0 Å². The van der Waals surface area contributed by atoms with Crippen LogP contribution in [0.4, 0.5) is 17.6 Å². The number of nitrogens with zero attached hydrogens (tertiary/aromatic N) is 4. The molecule has 4 aromatic rings. The van der Waals surface area contributed by atoms with Crippen molar-refractivity contribution in [1.82, 2.24) is 25.5 Å². The number of carboxylic acids is 1. The number of hydrogen-bond donors (Lipinski definition) is 2. The summed E-state index contributed by atoms with van der Waals surface area (Å²) in [5, 5.41) is 22.5. The molecule has 248 valence electrons. The van der Waals surface area contributed by atoms with E-state index in [1.165, 1.54) is 22.3 Å². The number of rotatable bonds is 8. The van der Waals surface area contributed by atoms with Gasteiger partial charge in [0.05, 0.1) is 6.67 Å². The number of aliphatic carboxylic acids is 1. The average Bonchev–Trinajstić information content (AvgIpc) is 3.70. The predicted octanol–water partition coefficient (Wildman–Crippen LogP) is 7.57. The summed E-state index contributed by atoms with van der Waals surface area (Å²) in [6, 6.07) is 21.2. The predicted molar refractivity (Wildman–Crippen MR) is 171 cm³/mol. The Bertz CT molecular complexity index is 1710. The zero-order valence-corrected chi connectivity index (χ0v) is 26.4. The largest absolute Gasteiger partial charge is 0.490 e. The van der Waals surface area contributed by atoms with Gasteiger partial charge in [0, 0.05) is 30.2 Å². The van der Waals surface area contributed by atoms with E-state index in [1.807, 2.05) is 6.07 Å². The van der Waals surface area contributed by atoms with Crippen LogP contribution in [0.5, 0.6) is 5.75 Å². The van der Waals surface area contributed by atoms with Crippen molar-refractivity contribution < 1.29 is 32.2 Å². The fourth-order valence-corrected chi connectivity index (χ4v) is 6.30. The Kier molecular flexibility index (Phi) is 10.9. The minimum absolute atomic E-state index is 0.133. The number of fused-ring (bicyclic) bond motifs is 1. The third-order valence-corrected chi connectivity index (χ3v) is 8.44. The van der Waals surface area contributed by atoms with Crippen LogP contribution >= 0.6 is 11.6 Å². The maximum Gasteiger partial charge on any atom is 0.490 e. The summed E-state index contributed by atoms with van der Waals surface area (Å²) < 4.78 is 50.6. The third kappa shape index (κ3) is 8.55. The van der Waals surface area contributed by atoms with Crippen molar-refractivity contribution in [2.45, 2.75) is 51.3 Å². The molecule has 1 aliphatic heterocycles. The number of carboxylic acid groups (broad SMARTS) is 1. The highest BCUT2D eigenvalue weighted by Crippen LogP contribution is 2.43. The molecule has 0 saturated carbocycles. The molecule has 0 spiro atoms. The highest BCUT2D eigenvalue weighted by atomic mass is 35.5. The molecule has 3 aromatic carbocycles. The molecule has 1 unspecified atom stereocenters. The molecule has 1 fully saturated rings. The number of carbonyl (C=O) groups is 1. The first-order valence-corrected chi connectivity index (χ1v) is 15.6. The molecule has 47 heavy (non-hydrogen) atoms. The van der Waals surface area contributed by atoms with Crippen LogP contribution in [0.25, 0.3) is 22.5 Å². The number of hydrogen-bond acceptors (Lipinski definition) is 6. The van der Waals surface area contributed by atoms with E-state index < -0.39 is 12.1 Å². The Morgan fingerprint density at radius 1 is 1.06 bits per heavy atom. The summed E-state index contributed by atoms with van der Waals surface area (Å²) in [7, 11) is 0. The highest BCUT2D eigenvalue weighted by Gasteiger charge is 2.38. The number of benzene rings is 3. The molecule has 8 nitrogen and oxygen atoms in total. The van der Waals surface area contributed by atoms with E-state index in [0.717, 1.165) is 78.3 Å². The molecule has 0 radical (unpaired) electrons. The minimum atomic E-state index is -5.08. The quantitative estimate of drug-likeness (QED) is 0.186. The first-order chi connectivity index (χ1) is 22.5. The van der Waals surface area contributed by atoms with Crippen LogP contribution < -0.4 is 4.74 Å². The standard InChI is InChI=1S/C32H33ClFN5O.C2HF3O2/c1-21-6-12-28(30(33)18-21)29-5-2-4-23-19-24(32-35-37-38-36-32)9-13-27(23)31(29)22-7-10-25(11-8-22)40-26-14-17-39(20-26)16-3-15-34;3-2(4,5)1(6)7/h6-13,18-19,26H,2-5,14-17,20H2,1H3,(H,35,36,37,38);(H,6,7). The molecule has 13 heteroatoms. The second kappa shape index (κ2) is 15.1. The fourth-order valence-electron chi connectivity index (χ4n) is 5.95. The first-order valence-electron chi connectivity index (χ1n) is 15.3. The molecule has 2 aliphatic rings. The number of alkyl halides is 4. The van der Waals surface area contributed by atoms with Crippen LogP contribution in [0.2, 0.25) is 5.02 Å². The molecule has 2 heterocycles. The van der Waals surface area contributed by atoms with Crippen molar-refractivity contribution >= 4 is 28.7 Å². The number of H-pyrrole nitrogens is 1. The normalized spacial score (nSPS) is 16.7. The van der Waals surface area contributed by atoms with Crippen LogP contribution in [0, 0.1) is 6.92 Å². The van der Waals surface area contributed by atoms with E-state index in [1.54, 1.807) is 0 Å². The van der Waals surface area contributed by atoms with E-state index in [-0.39, 0.29) is 12.8 Å². The Morgan fingerprint density at radius 2 is 1.79 bits per heavy atom. The Balaban J connectivity index is 0.000000559. The van der Waals surface area contributed by atoms with Crippen LogP contribution in [-0.4, -0.2) is 75.2 Å². The number of halogens is 5. The van der Waals surface area contributed by atoms with Crippen LogP contribution in [0.15, 0.2) is 60.7 Å². The summed E-state index contributed by atoms with van der Waals surface area (Å²) in [4.78, 5) is 11.2. The summed E-state index contributed by atoms with van der Waals surface area (Å²) in [6.07, 6.45) is -0.534. The van der Waals surface area contributed by atoms with Crippen LogP contribution in [0.1, 0.15) is 53.5 Å². The van der Waals surface area contributed by atoms with Gasteiger partial charge in [-0.2, -0.15) is 18.4 Å². The van der Waals surface area contributed by atoms with E-state index in [0.29, 0.717) is 12.2 Å². The van der Waals surface area contributed by atoms with Gasteiger partial charge in [-0.25, -0.2) is 4.79 Å². The summed E-state index contributed by atoms with van der Waals surface area (Å²) >= 11 is 6.85. The number of nitrogens with one attached hydrogen (secondary N) is 1. The number of ether oxygens (including phenoxy) is 1. The number of tetrazole rings is 1. The van der Waals surface area contributed by atoms with Gasteiger partial charge in [0.25, 0.3) is 0 Å². The van der Waals surface area contributed by atoms with E-state index in [2.05, 4.69) is 87.0 Å². The lowest BCUT2D eigenvalue weighted by molar-refractivity contribution is -0.192. The van der Waals surface area contributed by atoms with Gasteiger partial charge in [0.2, 0.25) is 5.82 Å². The van der Waals surface area contributed by atoms with Gasteiger partial charge in [0.1, 0.15) is 11.9 Å². The second-order valence-electron chi connectivity index (χ2n) is 11.5. The molecule has 1 aliphatic carbocycles. The lowest BCUT2D eigenvalue weighted by atomic mass is 9.87. The van der Waals surface area contributed by atoms with Crippen molar-refractivity contribution in [3.8, 4) is 17.1 Å². The Hall–Kier alpha value is -4.29. The number of aromatic amines is 1. The molecular formula is C34H34ClF4N5O3. The van der Waals surface area contributed by atoms with Gasteiger partial charge in [0.15, 0.2) is 0 Å². The van der Waals surface area contributed by atoms with Gasteiger partial charge < -0.3 is 9.84 Å². The molecule has 0 bridgehead atoms. The van der Waals surface area contributed by atoms with Gasteiger partial charge in [-0.15, -0.1) is 10.2 Å². The summed E-state index contributed by atoms with van der Waals surface area (Å²) in [5.41, 5.74) is 9.21. The fraction of sp³-hybridized carbons (Fsp3) is 0.353. The van der Waals surface area contributed by atoms with Crippen molar-refractivity contribution in [1.29, 1.82) is 0 Å². The number of aromatic nitrogens is 4. The monoisotopic (exact) mass is 671 g/mol. The molecule has 1 atom stereocenters. The minimum Gasteiger partial charge on any atom is -0.489 e. The second-order valence-corrected chi connectivity index (χ2v) is 11.9.